The van der Waals surface area contributed by atoms with E-state index in [1.54, 1.807) is 19.2 Å². The van der Waals surface area contributed by atoms with Crippen molar-refractivity contribution in [2.75, 3.05) is 13.7 Å². The van der Waals surface area contributed by atoms with Crippen LogP contribution in [0.25, 0.3) is 0 Å². The van der Waals surface area contributed by atoms with Gasteiger partial charge in [0, 0.05) is 7.11 Å². The van der Waals surface area contributed by atoms with E-state index in [1.165, 1.54) is 18.4 Å². The Morgan fingerprint density at radius 3 is 2.38 bits per heavy atom. The van der Waals surface area contributed by atoms with Gasteiger partial charge in [-0.3, -0.25) is 0 Å². The number of hydrogen-bond acceptors (Lipinski definition) is 2. The maximum absolute atomic E-state index is 12.1. The third-order valence-corrected chi connectivity index (χ3v) is 4.02. The van der Waals surface area contributed by atoms with Gasteiger partial charge in [-0.25, -0.2) is 0 Å². The Balaban J connectivity index is 1.84. The summed E-state index contributed by atoms with van der Waals surface area (Å²) in [6.07, 6.45) is 8.94. The molecule has 4 heteroatoms. The summed E-state index contributed by atoms with van der Waals surface area (Å²) in [7, 11) is 1.70. The second-order valence-electron chi connectivity index (χ2n) is 5.44. The van der Waals surface area contributed by atoms with Crippen LogP contribution < -0.4 is 4.74 Å². The second kappa shape index (κ2) is 8.13. The van der Waals surface area contributed by atoms with Gasteiger partial charge in [-0.05, 0) is 55.2 Å². The van der Waals surface area contributed by atoms with Gasteiger partial charge in [-0.15, -0.1) is 0 Å². The summed E-state index contributed by atoms with van der Waals surface area (Å²) in [6, 6.07) is 7.07. The van der Waals surface area contributed by atoms with Crippen molar-refractivity contribution in [1.29, 1.82) is 0 Å². The molecule has 0 heterocycles. The molecule has 1 aliphatic rings. The Morgan fingerprint density at radius 2 is 1.81 bits per heavy atom. The molecule has 0 amide bonds. The van der Waals surface area contributed by atoms with Crippen LogP contribution in [-0.2, 0) is 4.74 Å². The molecule has 1 aliphatic carbocycles. The van der Waals surface area contributed by atoms with Crippen LogP contribution in [0, 0.1) is 5.92 Å². The SMILES string of the molecule is COCC=C[C@H]1CC[C@H](c2ccc(OC(F)F)cc2)CC1. The van der Waals surface area contributed by atoms with Crippen LogP contribution in [0.5, 0.6) is 5.75 Å². The first-order valence-electron chi connectivity index (χ1n) is 7.39. The van der Waals surface area contributed by atoms with E-state index in [2.05, 4.69) is 16.9 Å². The third-order valence-electron chi connectivity index (χ3n) is 4.02. The second-order valence-corrected chi connectivity index (χ2v) is 5.44. The lowest BCUT2D eigenvalue weighted by Crippen LogP contribution is -2.12. The number of rotatable bonds is 6. The molecule has 0 N–H and O–H groups in total. The minimum Gasteiger partial charge on any atom is -0.435 e. The first-order valence-corrected chi connectivity index (χ1v) is 7.39. The molecule has 1 aromatic carbocycles. The molecular formula is C17H22F2O2. The highest BCUT2D eigenvalue weighted by Gasteiger charge is 2.20. The van der Waals surface area contributed by atoms with E-state index in [-0.39, 0.29) is 5.75 Å². The average Bonchev–Trinajstić information content (AvgIpc) is 2.49. The Hall–Kier alpha value is -1.42. The topological polar surface area (TPSA) is 18.5 Å². The predicted octanol–water partition coefficient (Wildman–Crippen LogP) is 4.76. The molecule has 0 radical (unpaired) electrons. The van der Waals surface area contributed by atoms with Crippen LogP contribution >= 0.6 is 0 Å². The number of benzene rings is 1. The highest BCUT2D eigenvalue weighted by Crippen LogP contribution is 2.36. The van der Waals surface area contributed by atoms with Gasteiger partial charge in [0.05, 0.1) is 6.61 Å². The minimum atomic E-state index is -2.76. The number of allylic oxidation sites excluding steroid dienone is 1. The number of ether oxygens (including phenoxy) is 2. The Morgan fingerprint density at radius 1 is 1.14 bits per heavy atom. The fourth-order valence-electron chi connectivity index (χ4n) is 2.91. The van der Waals surface area contributed by atoms with Crippen molar-refractivity contribution in [3.63, 3.8) is 0 Å². The van der Waals surface area contributed by atoms with Crippen LogP contribution in [0.1, 0.15) is 37.2 Å². The fourth-order valence-corrected chi connectivity index (χ4v) is 2.91. The van der Waals surface area contributed by atoms with Gasteiger partial charge in [-0.1, -0.05) is 24.3 Å². The van der Waals surface area contributed by atoms with E-state index < -0.39 is 6.61 Å². The first-order chi connectivity index (χ1) is 10.2. The van der Waals surface area contributed by atoms with Crippen molar-refractivity contribution in [2.24, 2.45) is 5.92 Å². The van der Waals surface area contributed by atoms with Crippen molar-refractivity contribution in [3.8, 4) is 5.75 Å². The van der Waals surface area contributed by atoms with Crippen LogP contribution in [0.2, 0.25) is 0 Å². The molecule has 0 atom stereocenters. The largest absolute Gasteiger partial charge is 0.435 e. The van der Waals surface area contributed by atoms with E-state index in [9.17, 15) is 8.78 Å². The van der Waals surface area contributed by atoms with E-state index in [0.29, 0.717) is 18.4 Å². The summed E-state index contributed by atoms with van der Waals surface area (Å²) in [5, 5.41) is 0. The highest BCUT2D eigenvalue weighted by atomic mass is 19.3. The maximum Gasteiger partial charge on any atom is 0.387 e. The zero-order chi connectivity index (χ0) is 15.1. The maximum atomic E-state index is 12.1. The molecule has 21 heavy (non-hydrogen) atoms. The molecule has 1 aromatic rings. The summed E-state index contributed by atoms with van der Waals surface area (Å²) in [5.41, 5.74) is 1.22. The van der Waals surface area contributed by atoms with Crippen molar-refractivity contribution in [3.05, 3.63) is 42.0 Å². The van der Waals surface area contributed by atoms with Crippen LogP contribution in [-0.4, -0.2) is 20.3 Å². The van der Waals surface area contributed by atoms with Crippen molar-refractivity contribution >= 4 is 0 Å². The smallest absolute Gasteiger partial charge is 0.387 e. The molecule has 116 valence electrons. The number of methoxy groups -OCH3 is 1. The standard InChI is InChI=1S/C17H22F2O2/c1-20-12-2-3-13-4-6-14(7-5-13)15-8-10-16(11-9-15)21-17(18)19/h2-3,8-11,13-14,17H,4-7,12H2,1H3/t13-,14-. The summed E-state index contributed by atoms with van der Waals surface area (Å²) < 4.78 is 33.6. The van der Waals surface area contributed by atoms with E-state index in [4.69, 9.17) is 4.74 Å². The van der Waals surface area contributed by atoms with Gasteiger partial charge < -0.3 is 9.47 Å². The predicted molar refractivity (Wildman–Crippen MR) is 78.8 cm³/mol. The van der Waals surface area contributed by atoms with E-state index in [0.717, 1.165) is 12.8 Å². The molecule has 0 spiro atoms. The monoisotopic (exact) mass is 296 g/mol. The molecule has 0 aliphatic heterocycles. The summed E-state index contributed by atoms with van der Waals surface area (Å²) in [6.45, 7) is -2.09. The Labute approximate surface area is 124 Å². The molecule has 0 aromatic heterocycles. The normalized spacial score (nSPS) is 22.9. The van der Waals surface area contributed by atoms with Gasteiger partial charge in [0.1, 0.15) is 5.75 Å². The van der Waals surface area contributed by atoms with Gasteiger partial charge >= 0.3 is 6.61 Å². The van der Waals surface area contributed by atoms with Gasteiger partial charge in [-0.2, -0.15) is 8.78 Å². The third kappa shape index (κ3) is 5.12. The molecule has 0 bridgehead atoms. The molecule has 2 rings (SSSR count). The van der Waals surface area contributed by atoms with Crippen LogP contribution in [0.15, 0.2) is 36.4 Å². The number of hydrogen-bond donors (Lipinski definition) is 0. The molecule has 0 unspecified atom stereocenters. The summed E-state index contributed by atoms with van der Waals surface area (Å²) in [4.78, 5) is 0. The lowest BCUT2D eigenvalue weighted by atomic mass is 9.78. The van der Waals surface area contributed by atoms with Crippen LogP contribution in [0.4, 0.5) is 8.78 Å². The Bertz CT molecular complexity index is 435. The molecule has 1 saturated carbocycles. The number of alkyl halides is 2. The summed E-state index contributed by atoms with van der Waals surface area (Å²) in [5.74, 6) is 1.39. The van der Waals surface area contributed by atoms with E-state index >= 15 is 0 Å². The highest BCUT2D eigenvalue weighted by molar-refractivity contribution is 5.29. The van der Waals surface area contributed by atoms with Gasteiger partial charge in [0.25, 0.3) is 0 Å². The van der Waals surface area contributed by atoms with Crippen molar-refractivity contribution in [1.82, 2.24) is 0 Å². The van der Waals surface area contributed by atoms with Crippen molar-refractivity contribution in [2.45, 2.75) is 38.2 Å². The lowest BCUT2D eigenvalue weighted by molar-refractivity contribution is -0.0498. The zero-order valence-corrected chi connectivity index (χ0v) is 12.3. The molecule has 1 fully saturated rings. The number of halogens is 2. The molecule has 0 saturated heterocycles. The van der Waals surface area contributed by atoms with Crippen LogP contribution in [0.3, 0.4) is 0 Å². The fraction of sp³-hybridized carbons (Fsp3) is 0.529. The zero-order valence-electron chi connectivity index (χ0n) is 12.3. The minimum absolute atomic E-state index is 0.227. The lowest BCUT2D eigenvalue weighted by Gasteiger charge is -2.27. The van der Waals surface area contributed by atoms with Gasteiger partial charge in [0.2, 0.25) is 0 Å². The molecule has 2 nitrogen and oxygen atoms in total. The quantitative estimate of drug-likeness (QED) is 0.704. The van der Waals surface area contributed by atoms with Crippen molar-refractivity contribution < 1.29 is 18.3 Å². The van der Waals surface area contributed by atoms with Gasteiger partial charge in [0.15, 0.2) is 0 Å². The molecular weight excluding hydrogens is 274 g/mol. The average molecular weight is 296 g/mol. The van der Waals surface area contributed by atoms with E-state index in [1.807, 2.05) is 12.1 Å². The Kier molecular flexibility index (Phi) is 6.18. The summed E-state index contributed by atoms with van der Waals surface area (Å²) >= 11 is 0. The first kappa shape index (κ1) is 16.0.